The van der Waals surface area contributed by atoms with E-state index in [0.29, 0.717) is 5.04 Å². The van der Waals surface area contributed by atoms with E-state index in [-0.39, 0.29) is 11.1 Å². The molecule has 0 spiro atoms. The molecule has 0 saturated heterocycles. The van der Waals surface area contributed by atoms with Crippen molar-refractivity contribution in [1.82, 2.24) is 0 Å². The van der Waals surface area contributed by atoms with Crippen LogP contribution in [0.1, 0.15) is 73.6 Å². The second-order valence-corrected chi connectivity index (χ2v) is 21.2. The van der Waals surface area contributed by atoms with Crippen LogP contribution in [0.15, 0.2) is 22.3 Å². The topological polar surface area (TPSA) is 18.5 Å². The van der Waals surface area contributed by atoms with Gasteiger partial charge in [-0.2, -0.15) is 0 Å². The lowest BCUT2D eigenvalue weighted by Gasteiger charge is -2.38. The van der Waals surface area contributed by atoms with E-state index in [1.165, 1.54) is 19.3 Å². The van der Waals surface area contributed by atoms with Crippen LogP contribution in [0.5, 0.6) is 0 Å². The molecule has 0 fully saturated rings. The van der Waals surface area contributed by atoms with Gasteiger partial charge in [-0.1, -0.05) is 88.8 Å². The van der Waals surface area contributed by atoms with Crippen molar-refractivity contribution >= 4 is 39.2 Å². The quantitative estimate of drug-likeness (QED) is 0.107. The molecule has 0 radical (unpaired) electrons. The van der Waals surface area contributed by atoms with Crippen molar-refractivity contribution in [2.45, 2.75) is 116 Å². The van der Waals surface area contributed by atoms with Gasteiger partial charge in [0.25, 0.3) is 0 Å². The summed E-state index contributed by atoms with van der Waals surface area (Å²) < 4.78 is 14.9. The van der Waals surface area contributed by atoms with Gasteiger partial charge < -0.3 is 8.85 Å². The number of rotatable bonds is 12. The Hall–Kier alpha value is 0.564. The average molecular weight is 539 g/mol. The van der Waals surface area contributed by atoms with E-state index in [2.05, 4.69) is 113 Å². The fourth-order valence-electron chi connectivity index (χ4n) is 2.24. The van der Waals surface area contributed by atoms with Gasteiger partial charge in [0.2, 0.25) is 0 Å². The van der Waals surface area contributed by atoms with Gasteiger partial charge in [-0.15, -0.1) is 0 Å². The highest BCUT2D eigenvalue weighted by molar-refractivity contribution is 14.1. The van der Waals surface area contributed by atoms with Crippen molar-refractivity contribution in [3.05, 3.63) is 22.3 Å². The normalized spacial score (nSPS) is 15.7. The zero-order valence-corrected chi connectivity index (χ0v) is 24.5. The van der Waals surface area contributed by atoms with E-state index in [9.17, 15) is 0 Å². The number of allylic oxidation sites excluding steroid dienone is 1. The molecule has 0 aliphatic heterocycles. The van der Waals surface area contributed by atoms with Gasteiger partial charge in [0.05, 0.1) is 6.10 Å². The second-order valence-electron chi connectivity index (χ2n) is 10.9. The highest BCUT2D eigenvalue weighted by atomic mass is 127. The molecule has 0 N–H and O–H groups in total. The lowest BCUT2D eigenvalue weighted by Crippen LogP contribution is -2.43. The molecule has 0 heterocycles. The van der Waals surface area contributed by atoms with Crippen LogP contribution in [0.2, 0.25) is 36.3 Å². The van der Waals surface area contributed by atoms with Crippen molar-refractivity contribution in [2.75, 3.05) is 6.61 Å². The number of hydrogen-bond donors (Lipinski definition) is 0. The summed E-state index contributed by atoms with van der Waals surface area (Å²) in [6.07, 6.45) is 12.8. The largest absolute Gasteiger partial charge is 0.417 e. The summed E-state index contributed by atoms with van der Waals surface area (Å²) in [5, 5.41) is 0.561. The first kappa shape index (κ1) is 28.6. The first-order valence-corrected chi connectivity index (χ1v) is 17.9. The molecular formula is C23H47IO2Si2. The van der Waals surface area contributed by atoms with Crippen LogP contribution in [0.3, 0.4) is 0 Å². The fourth-order valence-corrected chi connectivity index (χ4v) is 5.07. The molecule has 0 saturated carbocycles. The average Bonchev–Trinajstić information content (AvgIpc) is 2.50. The zero-order valence-electron chi connectivity index (χ0n) is 20.3. The minimum absolute atomic E-state index is 0.201. The summed E-state index contributed by atoms with van der Waals surface area (Å²) in [6, 6.07) is 0. The molecule has 1 atom stereocenters. The van der Waals surface area contributed by atoms with Crippen LogP contribution >= 0.6 is 22.6 Å². The maximum absolute atomic E-state index is 6.55. The second kappa shape index (κ2) is 12.4. The lowest BCUT2D eigenvalue weighted by atomic mass is 10.1. The van der Waals surface area contributed by atoms with Crippen LogP contribution < -0.4 is 0 Å². The first-order valence-electron chi connectivity index (χ1n) is 10.9. The molecule has 0 aromatic carbocycles. The Kier molecular flexibility index (Phi) is 12.7. The number of unbranched alkanes of at least 4 members (excludes halogenated alkanes) is 3. The highest BCUT2D eigenvalue weighted by Gasteiger charge is 2.38. The van der Waals surface area contributed by atoms with Crippen LogP contribution in [0, 0.1) is 0 Å². The van der Waals surface area contributed by atoms with E-state index >= 15 is 0 Å². The molecule has 0 aliphatic carbocycles. The third kappa shape index (κ3) is 11.1. The van der Waals surface area contributed by atoms with Gasteiger partial charge >= 0.3 is 0 Å². The lowest BCUT2D eigenvalue weighted by molar-refractivity contribution is 0.228. The molecular weight excluding hydrogens is 491 g/mol. The van der Waals surface area contributed by atoms with E-state index < -0.39 is 16.6 Å². The fraction of sp³-hybridized carbons (Fsp3) is 0.826. The summed E-state index contributed by atoms with van der Waals surface area (Å²) in [7, 11) is -3.30. The van der Waals surface area contributed by atoms with Crippen LogP contribution in [0.25, 0.3) is 0 Å². The summed E-state index contributed by atoms with van der Waals surface area (Å²) >= 11 is 2.29. The summed E-state index contributed by atoms with van der Waals surface area (Å²) in [5.41, 5.74) is 0. The molecule has 0 aromatic rings. The Morgan fingerprint density at radius 2 is 1.39 bits per heavy atom. The summed E-state index contributed by atoms with van der Waals surface area (Å²) in [6.45, 7) is 24.1. The number of hydrogen-bond acceptors (Lipinski definition) is 2. The molecule has 0 aliphatic rings. The van der Waals surface area contributed by atoms with E-state index in [4.69, 9.17) is 8.85 Å². The summed E-state index contributed by atoms with van der Waals surface area (Å²) in [4.78, 5) is 0. The minimum atomic E-state index is -1.72. The maximum Gasteiger partial charge on any atom is 0.192 e. The SMILES string of the molecule is CC(C)(C)[Si](C)(C)OCCCCC/C=C\C[C@H](/C=C/I)O[Si](C)(C)C(C)(C)C. The third-order valence-electron chi connectivity index (χ3n) is 6.36. The molecule has 28 heavy (non-hydrogen) atoms. The molecule has 0 amide bonds. The third-order valence-corrected chi connectivity index (χ3v) is 15.8. The standard InChI is InChI=1S/C23H47IO2Si2/c1-22(2,3)27(7,8)25-20-16-14-12-11-13-15-17-21(18-19-24)26-28(9,10)23(4,5)6/h13,15,18-19,21H,11-12,14,16-17,20H2,1-10H3/b15-13-,19-18+/t21-/m1/s1. The Labute approximate surface area is 192 Å². The molecule has 0 unspecified atom stereocenters. The first-order chi connectivity index (χ1) is 12.6. The molecule has 0 bridgehead atoms. The highest BCUT2D eigenvalue weighted by Crippen LogP contribution is 2.38. The Balaban J connectivity index is 4.16. The van der Waals surface area contributed by atoms with E-state index in [1.54, 1.807) is 0 Å². The Morgan fingerprint density at radius 1 is 0.821 bits per heavy atom. The minimum Gasteiger partial charge on any atom is -0.417 e. The van der Waals surface area contributed by atoms with Crippen LogP contribution in [-0.2, 0) is 8.85 Å². The van der Waals surface area contributed by atoms with E-state index in [1.807, 2.05) is 0 Å². The predicted octanol–water partition coefficient (Wildman–Crippen LogP) is 8.85. The van der Waals surface area contributed by atoms with Gasteiger partial charge in [0.15, 0.2) is 16.6 Å². The van der Waals surface area contributed by atoms with Crippen molar-refractivity contribution in [3.8, 4) is 0 Å². The maximum atomic E-state index is 6.55. The molecule has 0 rings (SSSR count). The van der Waals surface area contributed by atoms with Gasteiger partial charge in [-0.05, 0) is 66.0 Å². The van der Waals surface area contributed by atoms with Crippen molar-refractivity contribution < 1.29 is 8.85 Å². The van der Waals surface area contributed by atoms with E-state index in [0.717, 1.165) is 19.4 Å². The van der Waals surface area contributed by atoms with Crippen molar-refractivity contribution in [2.24, 2.45) is 0 Å². The van der Waals surface area contributed by atoms with Crippen LogP contribution in [0.4, 0.5) is 0 Å². The Bertz CT molecular complexity index is 486. The Morgan fingerprint density at radius 3 is 1.89 bits per heavy atom. The smallest absolute Gasteiger partial charge is 0.192 e. The monoisotopic (exact) mass is 538 g/mol. The predicted molar refractivity (Wildman–Crippen MR) is 141 cm³/mol. The number of halogens is 1. The van der Waals surface area contributed by atoms with Gasteiger partial charge in [0.1, 0.15) is 0 Å². The van der Waals surface area contributed by atoms with Gasteiger partial charge in [-0.3, -0.25) is 0 Å². The zero-order chi connectivity index (χ0) is 22.1. The molecule has 166 valence electrons. The van der Waals surface area contributed by atoms with Gasteiger partial charge in [-0.25, -0.2) is 0 Å². The molecule has 2 nitrogen and oxygen atoms in total. The summed E-state index contributed by atoms with van der Waals surface area (Å²) in [5.74, 6) is 0. The van der Waals surface area contributed by atoms with Crippen LogP contribution in [-0.4, -0.2) is 29.3 Å². The van der Waals surface area contributed by atoms with Crippen molar-refractivity contribution in [3.63, 3.8) is 0 Å². The molecule has 0 aromatic heterocycles. The van der Waals surface area contributed by atoms with Crippen molar-refractivity contribution in [1.29, 1.82) is 0 Å². The molecule has 5 heteroatoms. The van der Waals surface area contributed by atoms with Gasteiger partial charge in [0, 0.05) is 6.61 Å².